The topological polar surface area (TPSA) is 45.6 Å². The summed E-state index contributed by atoms with van der Waals surface area (Å²) in [6, 6.07) is 8.06. The average molecular weight is 272 g/mol. The molecule has 0 aliphatic carbocycles. The van der Waals surface area contributed by atoms with Crippen molar-refractivity contribution >= 4 is 16.6 Å². The number of fused-ring (bicyclic) bond motifs is 1. The first kappa shape index (κ1) is 13.2. The van der Waals surface area contributed by atoms with E-state index in [1.807, 2.05) is 26.0 Å². The Morgan fingerprint density at radius 2 is 2.20 bits per heavy atom. The van der Waals surface area contributed by atoms with Gasteiger partial charge in [0.1, 0.15) is 11.3 Å². The van der Waals surface area contributed by atoms with Crippen molar-refractivity contribution in [2.24, 2.45) is 0 Å². The number of anilines is 1. The Bertz CT molecular complexity index is 652. The van der Waals surface area contributed by atoms with E-state index in [4.69, 9.17) is 4.74 Å². The number of aromatic nitrogens is 1. The Labute approximate surface area is 119 Å². The predicted molar refractivity (Wildman–Crippen MR) is 80.5 cm³/mol. The lowest BCUT2D eigenvalue weighted by Gasteiger charge is -2.23. The molecule has 1 saturated heterocycles. The maximum absolute atomic E-state index is 10.2. The van der Waals surface area contributed by atoms with Crippen LogP contribution in [-0.4, -0.2) is 35.9 Å². The van der Waals surface area contributed by atoms with E-state index in [0.717, 1.165) is 41.0 Å². The third-order valence-electron chi connectivity index (χ3n) is 3.92. The van der Waals surface area contributed by atoms with Crippen LogP contribution < -0.4 is 9.64 Å². The number of aryl methyl sites for hydroxylation is 1. The van der Waals surface area contributed by atoms with Crippen LogP contribution in [0.25, 0.3) is 10.9 Å². The van der Waals surface area contributed by atoms with Crippen LogP contribution in [0, 0.1) is 6.92 Å². The smallest absolute Gasteiger partial charge is 0.145 e. The number of β-amino-alcohol motifs (C(OH)–C–C–N with tert-alkyl or cyclic N) is 1. The number of rotatable bonds is 2. The van der Waals surface area contributed by atoms with E-state index in [1.165, 1.54) is 0 Å². The zero-order chi connectivity index (χ0) is 14.3. The molecule has 1 atom stereocenters. The minimum absolute atomic E-state index is 0.609. The van der Waals surface area contributed by atoms with Gasteiger partial charge in [0.2, 0.25) is 0 Å². The predicted octanol–water partition coefficient (Wildman–Crippen LogP) is 2.51. The summed E-state index contributed by atoms with van der Waals surface area (Å²) >= 11 is 0. The van der Waals surface area contributed by atoms with Gasteiger partial charge >= 0.3 is 0 Å². The van der Waals surface area contributed by atoms with Crippen molar-refractivity contribution in [2.75, 3.05) is 25.1 Å². The fraction of sp³-hybridized carbons (Fsp3) is 0.438. The van der Waals surface area contributed by atoms with E-state index in [-0.39, 0.29) is 0 Å². The summed E-state index contributed by atoms with van der Waals surface area (Å²) in [5.41, 5.74) is 2.37. The fourth-order valence-electron chi connectivity index (χ4n) is 2.91. The van der Waals surface area contributed by atoms with Crippen molar-refractivity contribution < 1.29 is 9.84 Å². The largest absolute Gasteiger partial charge is 0.494 e. The first-order valence-electron chi connectivity index (χ1n) is 6.92. The van der Waals surface area contributed by atoms with Crippen LogP contribution >= 0.6 is 0 Å². The van der Waals surface area contributed by atoms with E-state index < -0.39 is 5.60 Å². The highest BCUT2D eigenvalue weighted by Gasteiger charge is 2.32. The van der Waals surface area contributed by atoms with Crippen LogP contribution in [0.4, 0.5) is 5.69 Å². The van der Waals surface area contributed by atoms with Gasteiger partial charge in [-0.2, -0.15) is 0 Å². The van der Waals surface area contributed by atoms with E-state index in [1.54, 1.807) is 7.11 Å². The lowest BCUT2D eigenvalue weighted by Crippen LogP contribution is -2.29. The molecule has 1 aliphatic rings. The summed E-state index contributed by atoms with van der Waals surface area (Å²) in [5.74, 6) is 0.790. The Kier molecular flexibility index (Phi) is 3.05. The summed E-state index contributed by atoms with van der Waals surface area (Å²) in [4.78, 5) is 6.83. The molecule has 4 heteroatoms. The first-order valence-corrected chi connectivity index (χ1v) is 6.92. The van der Waals surface area contributed by atoms with Crippen molar-refractivity contribution in [1.82, 2.24) is 4.98 Å². The van der Waals surface area contributed by atoms with Crippen LogP contribution in [0.1, 0.15) is 19.0 Å². The highest BCUT2D eigenvalue weighted by atomic mass is 16.5. The molecule has 106 valence electrons. The molecule has 20 heavy (non-hydrogen) atoms. The lowest BCUT2D eigenvalue weighted by atomic mass is 10.1. The Balaban J connectivity index is 2.16. The molecule has 1 unspecified atom stereocenters. The number of pyridine rings is 1. The molecular weight excluding hydrogens is 252 g/mol. The highest BCUT2D eigenvalue weighted by Crippen LogP contribution is 2.35. The summed E-state index contributed by atoms with van der Waals surface area (Å²) in [6.07, 6.45) is 0.792. The van der Waals surface area contributed by atoms with Crippen LogP contribution in [0.3, 0.4) is 0 Å². The normalized spacial score (nSPS) is 22.5. The average Bonchev–Trinajstić information content (AvgIpc) is 2.77. The number of ether oxygens (including phenoxy) is 1. The number of methoxy groups -OCH3 is 1. The third kappa shape index (κ3) is 2.20. The molecule has 1 aromatic carbocycles. The maximum atomic E-state index is 10.2. The molecule has 0 radical (unpaired) electrons. The number of hydrogen-bond donors (Lipinski definition) is 1. The lowest BCUT2D eigenvalue weighted by molar-refractivity contribution is 0.0839. The second-order valence-corrected chi connectivity index (χ2v) is 5.81. The second kappa shape index (κ2) is 4.63. The molecule has 1 fully saturated rings. The molecular formula is C16H20N2O2. The molecule has 0 spiro atoms. The molecule has 1 aliphatic heterocycles. The quantitative estimate of drug-likeness (QED) is 0.912. The third-order valence-corrected chi connectivity index (χ3v) is 3.92. The maximum Gasteiger partial charge on any atom is 0.145 e. The van der Waals surface area contributed by atoms with Gasteiger partial charge in [0, 0.05) is 29.9 Å². The number of nitrogens with zero attached hydrogens (tertiary/aromatic N) is 2. The van der Waals surface area contributed by atoms with Gasteiger partial charge in [0.25, 0.3) is 0 Å². The van der Waals surface area contributed by atoms with E-state index in [0.29, 0.717) is 6.54 Å². The zero-order valence-electron chi connectivity index (χ0n) is 12.2. The van der Waals surface area contributed by atoms with Crippen LogP contribution in [-0.2, 0) is 0 Å². The zero-order valence-corrected chi connectivity index (χ0v) is 12.2. The van der Waals surface area contributed by atoms with Gasteiger partial charge in [0.15, 0.2) is 0 Å². The SMILES string of the molecule is COc1cccc2c(N3CCC(C)(O)C3)cc(C)nc12. The highest BCUT2D eigenvalue weighted by molar-refractivity contribution is 5.95. The van der Waals surface area contributed by atoms with Crippen molar-refractivity contribution in [3.8, 4) is 5.75 Å². The molecule has 1 N–H and O–H groups in total. The van der Waals surface area contributed by atoms with E-state index in [9.17, 15) is 5.11 Å². The minimum Gasteiger partial charge on any atom is -0.494 e. The van der Waals surface area contributed by atoms with E-state index >= 15 is 0 Å². The molecule has 2 heterocycles. The van der Waals surface area contributed by atoms with Crippen molar-refractivity contribution in [2.45, 2.75) is 25.9 Å². The molecule has 2 aromatic rings. The minimum atomic E-state index is -0.609. The van der Waals surface area contributed by atoms with Crippen LogP contribution in [0.5, 0.6) is 5.75 Å². The number of aliphatic hydroxyl groups is 1. The second-order valence-electron chi connectivity index (χ2n) is 5.81. The molecule has 0 bridgehead atoms. The Morgan fingerprint density at radius 3 is 2.85 bits per heavy atom. The molecule has 1 aromatic heterocycles. The molecule has 4 nitrogen and oxygen atoms in total. The number of hydrogen-bond acceptors (Lipinski definition) is 4. The fourth-order valence-corrected chi connectivity index (χ4v) is 2.91. The molecule has 0 amide bonds. The Hall–Kier alpha value is -1.81. The summed E-state index contributed by atoms with van der Waals surface area (Å²) in [5, 5.41) is 11.3. The summed E-state index contributed by atoms with van der Waals surface area (Å²) in [6.45, 7) is 5.40. The van der Waals surface area contributed by atoms with E-state index in [2.05, 4.69) is 22.0 Å². The monoisotopic (exact) mass is 272 g/mol. The van der Waals surface area contributed by atoms with Gasteiger partial charge in [0.05, 0.1) is 12.7 Å². The summed E-state index contributed by atoms with van der Waals surface area (Å²) < 4.78 is 5.41. The van der Waals surface area contributed by atoms with Crippen molar-refractivity contribution in [3.05, 3.63) is 30.0 Å². The van der Waals surface area contributed by atoms with Crippen LogP contribution in [0.15, 0.2) is 24.3 Å². The molecule has 3 rings (SSSR count). The van der Waals surface area contributed by atoms with Gasteiger partial charge in [-0.3, -0.25) is 0 Å². The summed E-state index contributed by atoms with van der Waals surface area (Å²) in [7, 11) is 1.67. The number of para-hydroxylation sites is 1. The van der Waals surface area contributed by atoms with Gasteiger partial charge in [-0.1, -0.05) is 12.1 Å². The van der Waals surface area contributed by atoms with Gasteiger partial charge in [-0.05, 0) is 32.4 Å². The first-order chi connectivity index (χ1) is 9.50. The van der Waals surface area contributed by atoms with Gasteiger partial charge < -0.3 is 14.7 Å². The van der Waals surface area contributed by atoms with Crippen molar-refractivity contribution in [3.63, 3.8) is 0 Å². The molecule has 0 saturated carbocycles. The number of benzene rings is 1. The standard InChI is InChI=1S/C16H20N2O2/c1-11-9-13(18-8-7-16(2,19)10-18)12-5-4-6-14(20-3)15(12)17-11/h4-6,9,19H,7-8,10H2,1-3H3. The van der Waals surface area contributed by atoms with Gasteiger partial charge in [-0.25, -0.2) is 4.98 Å². The Morgan fingerprint density at radius 1 is 1.40 bits per heavy atom. The van der Waals surface area contributed by atoms with Gasteiger partial charge in [-0.15, -0.1) is 0 Å². The van der Waals surface area contributed by atoms with Crippen molar-refractivity contribution in [1.29, 1.82) is 0 Å². The van der Waals surface area contributed by atoms with Crippen LogP contribution in [0.2, 0.25) is 0 Å².